The molecule has 3 rings (SSSR count). The molecule has 0 aliphatic rings. The minimum Gasteiger partial charge on any atom is -0.497 e. The van der Waals surface area contributed by atoms with Gasteiger partial charge in [0.05, 0.1) is 19.3 Å². The van der Waals surface area contributed by atoms with Crippen LogP contribution in [0.15, 0.2) is 48.5 Å². The molecule has 6 nitrogen and oxygen atoms in total. The molecule has 0 aliphatic heterocycles. The van der Waals surface area contributed by atoms with Crippen molar-refractivity contribution in [1.29, 1.82) is 0 Å². The number of carbonyl (C=O) groups is 1. The summed E-state index contributed by atoms with van der Waals surface area (Å²) in [6.45, 7) is 0.276. The molecule has 1 heterocycles. The molecule has 0 unspecified atom stereocenters. The van der Waals surface area contributed by atoms with E-state index in [1.54, 1.807) is 36.1 Å². The van der Waals surface area contributed by atoms with Gasteiger partial charge in [-0.1, -0.05) is 23.2 Å². The summed E-state index contributed by atoms with van der Waals surface area (Å²) >= 11 is 12.3. The van der Waals surface area contributed by atoms with E-state index in [1.807, 2.05) is 24.3 Å². The highest BCUT2D eigenvalue weighted by molar-refractivity contribution is 6.33. The van der Waals surface area contributed by atoms with Gasteiger partial charge in [-0.05, 0) is 54.1 Å². The highest BCUT2D eigenvalue weighted by atomic mass is 35.5. The van der Waals surface area contributed by atoms with Crippen LogP contribution in [0.5, 0.6) is 5.75 Å². The van der Waals surface area contributed by atoms with Crippen LogP contribution < -0.4 is 16.0 Å². The first-order valence-corrected chi connectivity index (χ1v) is 8.44. The largest absolute Gasteiger partial charge is 0.497 e. The van der Waals surface area contributed by atoms with Crippen molar-refractivity contribution in [1.82, 2.24) is 15.2 Å². The zero-order valence-corrected chi connectivity index (χ0v) is 15.4. The van der Waals surface area contributed by atoms with E-state index in [-0.39, 0.29) is 6.54 Å². The minimum atomic E-state index is -0.449. The average molecular weight is 391 g/mol. The van der Waals surface area contributed by atoms with Crippen LogP contribution >= 0.6 is 23.2 Å². The second-order valence-electron chi connectivity index (χ2n) is 5.51. The molecule has 2 aromatic carbocycles. The van der Waals surface area contributed by atoms with E-state index in [1.165, 1.54) is 0 Å². The molecule has 3 N–H and O–H groups in total. The Balaban J connectivity index is 2.01. The van der Waals surface area contributed by atoms with Gasteiger partial charge in [0.2, 0.25) is 0 Å². The molecule has 0 aliphatic carbocycles. The van der Waals surface area contributed by atoms with Crippen LogP contribution in [0.4, 0.5) is 0 Å². The summed E-state index contributed by atoms with van der Waals surface area (Å²) in [4.78, 5) is 12.1. The number of methoxy groups -OCH3 is 1. The van der Waals surface area contributed by atoms with E-state index in [0.717, 1.165) is 16.9 Å². The zero-order chi connectivity index (χ0) is 18.7. The fraction of sp³-hybridized carbons (Fsp3) is 0.111. The third kappa shape index (κ3) is 3.83. The Labute approximate surface area is 160 Å². The van der Waals surface area contributed by atoms with E-state index in [0.29, 0.717) is 21.4 Å². The molecule has 0 bridgehead atoms. The quantitative estimate of drug-likeness (QED) is 0.396. The molecule has 26 heavy (non-hydrogen) atoms. The number of nitrogens with zero attached hydrogens (tertiary/aromatic N) is 2. The molecule has 0 saturated heterocycles. The maximum absolute atomic E-state index is 12.1. The number of hydrogen-bond donors (Lipinski definition) is 2. The van der Waals surface area contributed by atoms with Gasteiger partial charge < -0.3 is 4.74 Å². The van der Waals surface area contributed by atoms with E-state index in [9.17, 15) is 4.79 Å². The van der Waals surface area contributed by atoms with E-state index in [2.05, 4.69) is 10.5 Å². The van der Waals surface area contributed by atoms with Crippen LogP contribution in [-0.2, 0) is 6.54 Å². The topological polar surface area (TPSA) is 82.2 Å². The number of hydrazine groups is 1. The molecule has 0 atom stereocenters. The lowest BCUT2D eigenvalue weighted by Gasteiger charge is -2.08. The van der Waals surface area contributed by atoms with Crippen molar-refractivity contribution in [3.63, 3.8) is 0 Å². The van der Waals surface area contributed by atoms with Gasteiger partial charge in [-0.25, -0.2) is 5.84 Å². The molecule has 3 aromatic rings. The van der Waals surface area contributed by atoms with Gasteiger partial charge in [-0.2, -0.15) is 5.10 Å². The number of halogens is 2. The van der Waals surface area contributed by atoms with Crippen LogP contribution in [0, 0.1) is 0 Å². The minimum absolute atomic E-state index is 0.276. The Kier molecular flexibility index (Phi) is 5.46. The summed E-state index contributed by atoms with van der Waals surface area (Å²) < 4.78 is 6.70. The van der Waals surface area contributed by atoms with Crippen LogP contribution in [0.1, 0.15) is 16.1 Å². The molecular weight excluding hydrogens is 375 g/mol. The lowest BCUT2D eigenvalue weighted by Crippen LogP contribution is -2.32. The summed E-state index contributed by atoms with van der Waals surface area (Å²) in [5.74, 6) is 5.59. The maximum atomic E-state index is 12.1. The number of carbonyl (C=O) groups excluding carboxylic acids is 1. The van der Waals surface area contributed by atoms with Crippen LogP contribution in [0.3, 0.4) is 0 Å². The van der Waals surface area contributed by atoms with E-state index in [4.69, 9.17) is 33.8 Å². The summed E-state index contributed by atoms with van der Waals surface area (Å²) in [6, 6.07) is 14.2. The van der Waals surface area contributed by atoms with Crippen molar-refractivity contribution in [3.8, 4) is 17.0 Å². The predicted octanol–water partition coefficient (Wildman–Crippen LogP) is 3.52. The van der Waals surface area contributed by atoms with Crippen LogP contribution in [-0.4, -0.2) is 22.8 Å². The maximum Gasteiger partial charge on any atom is 0.283 e. The smallest absolute Gasteiger partial charge is 0.283 e. The van der Waals surface area contributed by atoms with Crippen molar-refractivity contribution in [2.45, 2.75) is 6.54 Å². The molecule has 0 spiro atoms. The number of nitrogen functional groups attached to an aromatic ring is 1. The van der Waals surface area contributed by atoms with Gasteiger partial charge in [0.25, 0.3) is 5.91 Å². The van der Waals surface area contributed by atoms with Crippen molar-refractivity contribution in [2.75, 3.05) is 7.11 Å². The Bertz CT molecular complexity index is 939. The van der Waals surface area contributed by atoms with Gasteiger partial charge in [0.15, 0.2) is 0 Å². The van der Waals surface area contributed by atoms with E-state index < -0.39 is 5.91 Å². The fourth-order valence-electron chi connectivity index (χ4n) is 2.52. The van der Waals surface area contributed by atoms with E-state index >= 15 is 0 Å². The Morgan fingerprint density at radius 2 is 1.92 bits per heavy atom. The summed E-state index contributed by atoms with van der Waals surface area (Å²) in [5.41, 5.74) is 4.67. The number of rotatable bonds is 5. The highest BCUT2D eigenvalue weighted by Crippen LogP contribution is 2.25. The fourth-order valence-corrected chi connectivity index (χ4v) is 2.89. The third-order valence-electron chi connectivity index (χ3n) is 3.86. The first-order valence-electron chi connectivity index (χ1n) is 7.69. The van der Waals surface area contributed by atoms with Crippen molar-refractivity contribution in [3.05, 3.63) is 69.8 Å². The molecule has 8 heteroatoms. The Morgan fingerprint density at radius 3 is 2.58 bits per heavy atom. The van der Waals surface area contributed by atoms with Gasteiger partial charge in [-0.15, -0.1) is 0 Å². The number of amides is 1. The van der Waals surface area contributed by atoms with Crippen molar-refractivity contribution < 1.29 is 9.53 Å². The lowest BCUT2D eigenvalue weighted by atomic mass is 10.1. The van der Waals surface area contributed by atoms with Crippen LogP contribution in [0.25, 0.3) is 11.3 Å². The molecule has 1 amide bonds. The standard InChI is InChI=1S/C18H16Cl2N4O2/c1-26-14-5-2-11(3-6-14)16-9-17(18(25)22-21)24(23-16)10-12-8-13(19)4-7-15(12)20/h2-9H,10,21H2,1H3,(H,22,25). The zero-order valence-electron chi connectivity index (χ0n) is 13.9. The summed E-state index contributed by atoms with van der Waals surface area (Å²) in [5, 5.41) is 5.62. The van der Waals surface area contributed by atoms with Crippen molar-refractivity contribution in [2.24, 2.45) is 5.84 Å². The van der Waals surface area contributed by atoms with Crippen molar-refractivity contribution >= 4 is 29.1 Å². The predicted molar refractivity (Wildman–Crippen MR) is 101 cm³/mol. The second-order valence-corrected chi connectivity index (χ2v) is 6.35. The molecule has 134 valence electrons. The number of nitrogens with one attached hydrogen (secondary N) is 1. The van der Waals surface area contributed by atoms with Gasteiger partial charge in [0.1, 0.15) is 11.4 Å². The summed E-state index contributed by atoms with van der Waals surface area (Å²) in [6.07, 6.45) is 0. The molecule has 0 fully saturated rings. The summed E-state index contributed by atoms with van der Waals surface area (Å²) in [7, 11) is 1.60. The molecular formula is C18H16Cl2N4O2. The average Bonchev–Trinajstić information content (AvgIpc) is 3.08. The van der Waals surface area contributed by atoms with Gasteiger partial charge >= 0.3 is 0 Å². The van der Waals surface area contributed by atoms with Crippen LogP contribution in [0.2, 0.25) is 10.0 Å². The Hall–Kier alpha value is -2.54. The third-order valence-corrected chi connectivity index (χ3v) is 4.46. The number of benzene rings is 2. The molecule has 1 aromatic heterocycles. The number of nitrogens with two attached hydrogens (primary N) is 1. The molecule has 0 saturated carbocycles. The lowest BCUT2D eigenvalue weighted by molar-refractivity contribution is 0.0943. The first-order chi connectivity index (χ1) is 12.5. The SMILES string of the molecule is COc1ccc(-c2cc(C(=O)NN)n(Cc3cc(Cl)ccc3Cl)n2)cc1. The monoisotopic (exact) mass is 390 g/mol. The number of aromatic nitrogens is 2. The Morgan fingerprint density at radius 1 is 1.19 bits per heavy atom. The molecule has 0 radical (unpaired) electrons. The second kappa shape index (κ2) is 7.78. The highest BCUT2D eigenvalue weighted by Gasteiger charge is 2.17. The van der Waals surface area contributed by atoms with Gasteiger partial charge in [0, 0.05) is 15.6 Å². The first kappa shape index (κ1) is 18.3. The number of ether oxygens (including phenoxy) is 1. The van der Waals surface area contributed by atoms with Gasteiger partial charge in [-0.3, -0.25) is 14.9 Å². The normalized spacial score (nSPS) is 10.6. The number of hydrogen-bond acceptors (Lipinski definition) is 4.